The van der Waals surface area contributed by atoms with Crippen LogP contribution < -0.4 is 5.32 Å². The van der Waals surface area contributed by atoms with E-state index in [1.165, 1.54) is 0 Å². The predicted molar refractivity (Wildman–Crippen MR) is 72.5 cm³/mol. The van der Waals surface area contributed by atoms with Gasteiger partial charge in [-0.25, -0.2) is 0 Å². The highest BCUT2D eigenvalue weighted by molar-refractivity contribution is 5.34. The first-order valence-electron chi connectivity index (χ1n) is 6.68. The van der Waals surface area contributed by atoms with Crippen LogP contribution in [0.25, 0.3) is 0 Å². The van der Waals surface area contributed by atoms with Crippen LogP contribution in [0, 0.1) is 5.41 Å². The van der Waals surface area contributed by atoms with Crippen molar-refractivity contribution in [3.63, 3.8) is 0 Å². The molecule has 0 saturated heterocycles. The largest absolute Gasteiger partial charge is 0.508 e. The molecule has 0 aromatic heterocycles. The molecule has 3 unspecified atom stereocenters. The molecule has 0 spiro atoms. The van der Waals surface area contributed by atoms with E-state index in [2.05, 4.69) is 26.1 Å². The molecule has 0 amide bonds. The molecular formula is C15H23NO2. The Morgan fingerprint density at radius 2 is 2.06 bits per heavy atom. The molecule has 2 rings (SSSR count). The molecule has 0 heterocycles. The Labute approximate surface area is 109 Å². The van der Waals surface area contributed by atoms with Crippen LogP contribution in [0.1, 0.15) is 45.2 Å². The van der Waals surface area contributed by atoms with Gasteiger partial charge in [-0.15, -0.1) is 0 Å². The average molecular weight is 249 g/mol. The average Bonchev–Trinajstić information content (AvgIpc) is 2.35. The van der Waals surface area contributed by atoms with Crippen molar-refractivity contribution in [3.05, 3.63) is 29.8 Å². The van der Waals surface area contributed by atoms with Crippen molar-refractivity contribution < 1.29 is 10.2 Å². The quantitative estimate of drug-likeness (QED) is 0.769. The second-order valence-electron chi connectivity index (χ2n) is 5.81. The molecule has 1 aliphatic rings. The molecule has 1 aromatic rings. The first kappa shape index (κ1) is 13.4. The SMILES string of the molecule is CCC(NC1CC(O)C1(C)C)c1ccccc1O. The number of nitrogens with one attached hydrogen (secondary N) is 1. The summed E-state index contributed by atoms with van der Waals surface area (Å²) < 4.78 is 0. The minimum Gasteiger partial charge on any atom is -0.508 e. The van der Waals surface area contributed by atoms with Crippen molar-refractivity contribution in [2.45, 2.75) is 51.8 Å². The Morgan fingerprint density at radius 3 is 2.56 bits per heavy atom. The third-order valence-electron chi connectivity index (χ3n) is 4.34. The molecule has 1 fully saturated rings. The third-order valence-corrected chi connectivity index (χ3v) is 4.34. The second-order valence-corrected chi connectivity index (χ2v) is 5.81. The van der Waals surface area contributed by atoms with Gasteiger partial charge in [-0.1, -0.05) is 39.0 Å². The van der Waals surface area contributed by atoms with Crippen molar-refractivity contribution in [3.8, 4) is 5.75 Å². The Balaban J connectivity index is 2.10. The van der Waals surface area contributed by atoms with Gasteiger partial charge in [-0.05, 0) is 18.9 Å². The van der Waals surface area contributed by atoms with Crippen LogP contribution in [0.4, 0.5) is 0 Å². The number of hydrogen-bond donors (Lipinski definition) is 3. The molecular weight excluding hydrogens is 226 g/mol. The van der Waals surface area contributed by atoms with Gasteiger partial charge in [0, 0.05) is 23.1 Å². The molecule has 3 atom stereocenters. The van der Waals surface area contributed by atoms with Gasteiger partial charge in [0.1, 0.15) is 5.75 Å². The summed E-state index contributed by atoms with van der Waals surface area (Å²) in [6, 6.07) is 7.90. The molecule has 0 aliphatic heterocycles. The van der Waals surface area contributed by atoms with E-state index in [-0.39, 0.29) is 17.6 Å². The van der Waals surface area contributed by atoms with Crippen LogP contribution >= 0.6 is 0 Å². The topological polar surface area (TPSA) is 52.5 Å². The minimum atomic E-state index is -0.225. The normalized spacial score (nSPS) is 27.6. The van der Waals surface area contributed by atoms with E-state index in [9.17, 15) is 10.2 Å². The first-order valence-corrected chi connectivity index (χ1v) is 6.68. The predicted octanol–water partition coefficient (Wildman–Crippen LogP) is 2.59. The molecule has 1 saturated carbocycles. The monoisotopic (exact) mass is 249 g/mol. The number of hydrogen-bond acceptors (Lipinski definition) is 3. The number of aliphatic hydroxyl groups excluding tert-OH is 1. The molecule has 100 valence electrons. The van der Waals surface area contributed by atoms with Gasteiger partial charge in [-0.2, -0.15) is 0 Å². The summed E-state index contributed by atoms with van der Waals surface area (Å²) in [5.74, 6) is 0.342. The summed E-state index contributed by atoms with van der Waals surface area (Å²) in [5.41, 5.74) is 0.856. The number of benzene rings is 1. The van der Waals surface area contributed by atoms with Crippen LogP contribution in [0.3, 0.4) is 0 Å². The standard InChI is InChI=1S/C15H23NO2/c1-4-11(10-7-5-6-8-12(10)17)16-13-9-14(18)15(13,2)3/h5-8,11,13-14,16-18H,4,9H2,1-3H3. The lowest BCUT2D eigenvalue weighted by atomic mass is 9.64. The highest BCUT2D eigenvalue weighted by atomic mass is 16.3. The van der Waals surface area contributed by atoms with E-state index < -0.39 is 0 Å². The highest BCUT2D eigenvalue weighted by Crippen LogP contribution is 2.42. The summed E-state index contributed by atoms with van der Waals surface area (Å²) in [7, 11) is 0. The molecule has 3 heteroatoms. The first-order chi connectivity index (χ1) is 8.46. The summed E-state index contributed by atoms with van der Waals surface area (Å²) >= 11 is 0. The molecule has 3 nitrogen and oxygen atoms in total. The Kier molecular flexibility index (Phi) is 3.64. The zero-order chi connectivity index (χ0) is 13.3. The smallest absolute Gasteiger partial charge is 0.120 e. The molecule has 0 bridgehead atoms. The summed E-state index contributed by atoms with van der Waals surface area (Å²) in [6.07, 6.45) is 1.48. The van der Waals surface area contributed by atoms with Crippen molar-refractivity contribution in [2.75, 3.05) is 0 Å². The van der Waals surface area contributed by atoms with Crippen LogP contribution in [0.2, 0.25) is 0 Å². The lowest BCUT2D eigenvalue weighted by Crippen LogP contribution is -2.60. The number of rotatable bonds is 4. The fourth-order valence-electron chi connectivity index (χ4n) is 2.64. The number of phenols is 1. The third kappa shape index (κ3) is 2.25. The van der Waals surface area contributed by atoms with Gasteiger partial charge in [0.25, 0.3) is 0 Å². The molecule has 18 heavy (non-hydrogen) atoms. The maximum Gasteiger partial charge on any atom is 0.120 e. The highest BCUT2D eigenvalue weighted by Gasteiger charge is 2.47. The Morgan fingerprint density at radius 1 is 1.39 bits per heavy atom. The lowest BCUT2D eigenvalue weighted by Gasteiger charge is -2.51. The van der Waals surface area contributed by atoms with Gasteiger partial charge in [-0.3, -0.25) is 0 Å². The summed E-state index contributed by atoms with van der Waals surface area (Å²) in [5, 5.41) is 23.2. The fraction of sp³-hybridized carbons (Fsp3) is 0.600. The molecule has 1 aliphatic carbocycles. The van der Waals surface area contributed by atoms with Crippen LogP contribution in [0.5, 0.6) is 5.75 Å². The number of aromatic hydroxyl groups is 1. The van der Waals surface area contributed by atoms with Gasteiger partial charge >= 0.3 is 0 Å². The van der Waals surface area contributed by atoms with Crippen LogP contribution in [-0.2, 0) is 0 Å². The van der Waals surface area contributed by atoms with E-state index in [4.69, 9.17) is 0 Å². The number of aliphatic hydroxyl groups is 1. The van der Waals surface area contributed by atoms with Gasteiger partial charge in [0.05, 0.1) is 6.10 Å². The van der Waals surface area contributed by atoms with E-state index in [1.54, 1.807) is 6.07 Å². The van der Waals surface area contributed by atoms with Crippen LogP contribution in [0.15, 0.2) is 24.3 Å². The van der Waals surface area contributed by atoms with Crippen molar-refractivity contribution in [1.82, 2.24) is 5.32 Å². The van der Waals surface area contributed by atoms with Gasteiger partial charge in [0.2, 0.25) is 0 Å². The minimum absolute atomic E-state index is 0.0855. The second kappa shape index (κ2) is 4.90. The Hall–Kier alpha value is -1.06. The molecule has 1 aromatic carbocycles. The van der Waals surface area contributed by atoms with Gasteiger partial charge < -0.3 is 15.5 Å². The van der Waals surface area contributed by atoms with Gasteiger partial charge in [0.15, 0.2) is 0 Å². The zero-order valence-corrected chi connectivity index (χ0v) is 11.4. The maximum absolute atomic E-state index is 9.91. The van der Waals surface area contributed by atoms with E-state index in [1.807, 2.05) is 18.2 Å². The van der Waals surface area contributed by atoms with Crippen molar-refractivity contribution in [1.29, 1.82) is 0 Å². The van der Waals surface area contributed by atoms with E-state index >= 15 is 0 Å². The molecule has 3 N–H and O–H groups in total. The van der Waals surface area contributed by atoms with Crippen molar-refractivity contribution in [2.24, 2.45) is 5.41 Å². The zero-order valence-electron chi connectivity index (χ0n) is 11.4. The summed E-state index contributed by atoms with van der Waals surface area (Å²) in [6.45, 7) is 6.26. The van der Waals surface area contributed by atoms with E-state index in [0.29, 0.717) is 11.8 Å². The van der Waals surface area contributed by atoms with Crippen LogP contribution in [-0.4, -0.2) is 22.4 Å². The van der Waals surface area contributed by atoms with Crippen molar-refractivity contribution >= 4 is 0 Å². The number of phenolic OH excluding ortho intramolecular Hbond substituents is 1. The number of para-hydroxylation sites is 1. The summed E-state index contributed by atoms with van der Waals surface area (Å²) in [4.78, 5) is 0. The Bertz CT molecular complexity index is 417. The lowest BCUT2D eigenvalue weighted by molar-refractivity contribution is -0.0762. The van der Waals surface area contributed by atoms with E-state index in [0.717, 1.165) is 18.4 Å². The maximum atomic E-state index is 9.91. The fourth-order valence-corrected chi connectivity index (χ4v) is 2.64. The molecule has 0 radical (unpaired) electrons.